The lowest BCUT2D eigenvalue weighted by Crippen LogP contribution is -2.11. The fourth-order valence-corrected chi connectivity index (χ4v) is 5.28. The fourth-order valence-electron chi connectivity index (χ4n) is 3.81. The van der Waals surface area contributed by atoms with Crippen LogP contribution in [0.2, 0.25) is 0 Å². The number of halogens is 2. The number of benzene rings is 2. The normalized spacial score (nSPS) is 10.9. The highest BCUT2D eigenvalue weighted by atomic mass is 32.1. The number of carbonyl (C=O) groups is 2. The van der Waals surface area contributed by atoms with Crippen molar-refractivity contribution >= 4 is 44.8 Å². The number of anilines is 2. The Labute approximate surface area is 228 Å². The van der Waals surface area contributed by atoms with Gasteiger partial charge in [0.15, 0.2) is 10.3 Å². The Balaban J connectivity index is 1.04. The Morgan fingerprint density at radius 2 is 0.974 bits per heavy atom. The van der Waals surface area contributed by atoms with E-state index < -0.39 is 0 Å². The maximum Gasteiger partial charge on any atom is 0.226 e. The molecule has 198 valence electrons. The van der Waals surface area contributed by atoms with Crippen molar-refractivity contribution in [1.82, 2.24) is 9.97 Å². The van der Waals surface area contributed by atoms with Crippen molar-refractivity contribution in [2.24, 2.45) is 0 Å². The van der Waals surface area contributed by atoms with Crippen molar-refractivity contribution < 1.29 is 18.4 Å². The topological polar surface area (TPSA) is 84.0 Å². The van der Waals surface area contributed by atoms with Crippen LogP contribution in [0.4, 0.5) is 19.0 Å². The van der Waals surface area contributed by atoms with Crippen molar-refractivity contribution in [3.8, 4) is 22.5 Å². The van der Waals surface area contributed by atoms with E-state index in [0.29, 0.717) is 34.5 Å². The van der Waals surface area contributed by atoms with Crippen LogP contribution >= 0.6 is 22.7 Å². The molecule has 0 spiro atoms. The summed E-state index contributed by atoms with van der Waals surface area (Å²) in [7, 11) is 0. The minimum atomic E-state index is -0.298. The Morgan fingerprint density at radius 3 is 1.37 bits per heavy atom. The van der Waals surface area contributed by atoms with E-state index in [-0.39, 0.29) is 23.4 Å². The molecule has 0 bridgehead atoms. The standard InChI is InChI=1S/C28H28F2N4O2S2/c29-21-13-9-19(10-14-21)23-17-37-27(31-23)33-25(35)7-5-3-1-2-4-6-8-26(36)34-28-32-24(18-38-28)20-11-15-22(30)16-12-20/h9-18H,1-8H2,(H,31,33,35)(H,32,34,36). The zero-order chi connectivity index (χ0) is 26.7. The number of carbonyl (C=O) groups excluding carboxylic acids is 2. The SMILES string of the molecule is O=C(CCCCCCCCC(=O)Nc1nc(-c2ccc(F)cc2)cs1)Nc1nc(-c2ccc(F)cc2)cs1. The first-order chi connectivity index (χ1) is 18.5. The zero-order valence-electron chi connectivity index (χ0n) is 20.7. The molecule has 2 aromatic carbocycles. The number of nitrogens with zero attached hydrogens (tertiary/aromatic N) is 2. The van der Waals surface area contributed by atoms with Gasteiger partial charge in [0.1, 0.15) is 11.6 Å². The molecule has 0 aliphatic carbocycles. The van der Waals surface area contributed by atoms with E-state index in [4.69, 9.17) is 0 Å². The third kappa shape index (κ3) is 8.53. The van der Waals surface area contributed by atoms with E-state index >= 15 is 0 Å². The summed E-state index contributed by atoms with van der Waals surface area (Å²) in [5.41, 5.74) is 3.03. The lowest BCUT2D eigenvalue weighted by molar-refractivity contribution is -0.117. The lowest BCUT2D eigenvalue weighted by atomic mass is 10.1. The molecule has 0 saturated heterocycles. The number of unbranched alkanes of at least 4 members (excludes halogenated alkanes) is 5. The summed E-state index contributed by atoms with van der Waals surface area (Å²) in [6.45, 7) is 0. The van der Waals surface area contributed by atoms with Gasteiger partial charge in [0.05, 0.1) is 11.4 Å². The monoisotopic (exact) mass is 554 g/mol. The highest BCUT2D eigenvalue weighted by Gasteiger charge is 2.10. The summed E-state index contributed by atoms with van der Waals surface area (Å²) < 4.78 is 26.1. The van der Waals surface area contributed by atoms with Gasteiger partial charge in [-0.15, -0.1) is 22.7 Å². The Hall–Kier alpha value is -3.50. The smallest absolute Gasteiger partial charge is 0.226 e. The second-order valence-electron chi connectivity index (χ2n) is 8.81. The van der Waals surface area contributed by atoms with Gasteiger partial charge in [-0.1, -0.05) is 25.7 Å². The molecule has 2 amide bonds. The molecule has 0 unspecified atom stereocenters. The number of aromatic nitrogens is 2. The summed E-state index contributed by atoms with van der Waals surface area (Å²) in [5, 5.41) is 10.4. The van der Waals surface area contributed by atoms with Crippen LogP contribution in [-0.2, 0) is 9.59 Å². The maximum absolute atomic E-state index is 13.1. The van der Waals surface area contributed by atoms with Crippen LogP contribution in [0.25, 0.3) is 22.5 Å². The number of amides is 2. The van der Waals surface area contributed by atoms with Crippen molar-refractivity contribution in [3.05, 3.63) is 70.9 Å². The molecule has 0 saturated carbocycles. The van der Waals surface area contributed by atoms with E-state index in [1.54, 1.807) is 24.3 Å². The molecule has 0 aliphatic heterocycles. The van der Waals surface area contributed by atoms with Crippen LogP contribution in [0, 0.1) is 11.6 Å². The summed E-state index contributed by atoms with van der Waals surface area (Å²) in [4.78, 5) is 33.2. The highest BCUT2D eigenvalue weighted by molar-refractivity contribution is 7.14. The van der Waals surface area contributed by atoms with Gasteiger partial charge in [0.2, 0.25) is 11.8 Å². The second kappa shape index (κ2) is 13.9. The molecule has 0 aliphatic rings. The molecular formula is C28H28F2N4O2S2. The lowest BCUT2D eigenvalue weighted by Gasteiger charge is -2.04. The minimum absolute atomic E-state index is 0.0635. The van der Waals surface area contributed by atoms with Gasteiger partial charge in [-0.3, -0.25) is 9.59 Å². The third-order valence-corrected chi connectivity index (χ3v) is 7.35. The van der Waals surface area contributed by atoms with Crippen molar-refractivity contribution in [2.75, 3.05) is 10.6 Å². The van der Waals surface area contributed by atoms with Gasteiger partial charge < -0.3 is 10.6 Å². The Kier molecular flexibility index (Phi) is 10.1. The fraction of sp³-hybridized carbons (Fsp3) is 0.286. The average Bonchev–Trinajstić information content (AvgIpc) is 3.56. The molecular weight excluding hydrogens is 526 g/mol. The van der Waals surface area contributed by atoms with Crippen LogP contribution in [0.1, 0.15) is 51.4 Å². The summed E-state index contributed by atoms with van der Waals surface area (Å²) in [6, 6.07) is 12.2. The largest absolute Gasteiger partial charge is 0.302 e. The summed E-state index contributed by atoms with van der Waals surface area (Å²) in [5.74, 6) is -0.722. The number of nitrogens with one attached hydrogen (secondary N) is 2. The number of hydrogen-bond acceptors (Lipinski definition) is 6. The van der Waals surface area contributed by atoms with Crippen LogP contribution < -0.4 is 10.6 Å². The van der Waals surface area contributed by atoms with Gasteiger partial charge in [0.25, 0.3) is 0 Å². The zero-order valence-corrected chi connectivity index (χ0v) is 22.3. The van der Waals surface area contributed by atoms with Gasteiger partial charge >= 0.3 is 0 Å². The molecule has 6 nitrogen and oxygen atoms in total. The molecule has 10 heteroatoms. The maximum atomic E-state index is 13.1. The molecule has 0 radical (unpaired) electrons. The van der Waals surface area contributed by atoms with Gasteiger partial charge in [-0.25, -0.2) is 18.7 Å². The molecule has 0 fully saturated rings. The molecule has 4 rings (SSSR count). The number of hydrogen-bond donors (Lipinski definition) is 2. The van der Waals surface area contributed by atoms with E-state index in [0.717, 1.165) is 49.7 Å². The third-order valence-electron chi connectivity index (χ3n) is 5.84. The van der Waals surface area contributed by atoms with E-state index in [1.165, 1.54) is 46.9 Å². The summed E-state index contributed by atoms with van der Waals surface area (Å²) >= 11 is 2.70. The van der Waals surface area contributed by atoms with Crippen LogP contribution in [0.3, 0.4) is 0 Å². The quantitative estimate of drug-likeness (QED) is 0.165. The van der Waals surface area contributed by atoms with Gasteiger partial charge in [-0.2, -0.15) is 0 Å². The summed E-state index contributed by atoms with van der Waals surface area (Å²) in [6.07, 6.45) is 6.37. The molecule has 2 N–H and O–H groups in total. The van der Waals surface area contributed by atoms with Crippen LogP contribution in [0.5, 0.6) is 0 Å². The number of thiazole rings is 2. The predicted molar refractivity (Wildman–Crippen MR) is 149 cm³/mol. The van der Waals surface area contributed by atoms with E-state index in [2.05, 4.69) is 20.6 Å². The first-order valence-corrected chi connectivity index (χ1v) is 14.2. The van der Waals surface area contributed by atoms with Gasteiger partial charge in [-0.05, 0) is 61.4 Å². The van der Waals surface area contributed by atoms with Crippen LogP contribution in [0.15, 0.2) is 59.3 Å². The number of rotatable bonds is 13. The predicted octanol–water partition coefficient (Wildman–Crippen LogP) is 7.91. The molecule has 2 aromatic heterocycles. The molecule has 4 aromatic rings. The Morgan fingerprint density at radius 1 is 0.605 bits per heavy atom. The van der Waals surface area contributed by atoms with Crippen molar-refractivity contribution in [2.45, 2.75) is 51.4 Å². The first-order valence-electron chi connectivity index (χ1n) is 12.5. The van der Waals surface area contributed by atoms with Crippen LogP contribution in [-0.4, -0.2) is 21.8 Å². The van der Waals surface area contributed by atoms with E-state index in [1.807, 2.05) is 10.8 Å². The molecule has 38 heavy (non-hydrogen) atoms. The van der Waals surface area contributed by atoms with Crippen molar-refractivity contribution in [1.29, 1.82) is 0 Å². The minimum Gasteiger partial charge on any atom is -0.302 e. The molecule has 0 atom stereocenters. The van der Waals surface area contributed by atoms with Crippen molar-refractivity contribution in [3.63, 3.8) is 0 Å². The van der Waals surface area contributed by atoms with E-state index in [9.17, 15) is 18.4 Å². The second-order valence-corrected chi connectivity index (χ2v) is 10.5. The average molecular weight is 555 g/mol. The highest BCUT2D eigenvalue weighted by Crippen LogP contribution is 2.26. The molecule has 2 heterocycles. The Bertz CT molecular complexity index is 1230. The first kappa shape index (κ1) is 27.5. The van der Waals surface area contributed by atoms with Gasteiger partial charge in [0, 0.05) is 34.7 Å².